The molecule has 9 heteroatoms. The van der Waals surface area contributed by atoms with Gasteiger partial charge in [0, 0.05) is 23.2 Å². The number of halogens is 2. The number of hydrogen-bond donors (Lipinski definition) is 1. The van der Waals surface area contributed by atoms with Crippen LogP contribution in [0, 0.1) is 17.0 Å². The Balaban J connectivity index is 2.20. The SMILES string of the molecule is Cc1ncc(CNC(=O)c2cc([N+](=O)[O-])cc(Cl)c2Cl)s1. The second-order valence-electron chi connectivity index (χ2n) is 4.07. The smallest absolute Gasteiger partial charge is 0.271 e. The first-order chi connectivity index (χ1) is 9.88. The molecule has 1 aromatic carbocycles. The average Bonchev–Trinajstić information content (AvgIpc) is 2.84. The molecule has 0 radical (unpaired) electrons. The van der Waals surface area contributed by atoms with Gasteiger partial charge in [0.25, 0.3) is 11.6 Å². The van der Waals surface area contributed by atoms with Gasteiger partial charge < -0.3 is 5.32 Å². The molecule has 0 atom stereocenters. The Hall–Kier alpha value is -1.70. The Morgan fingerprint density at radius 2 is 2.19 bits per heavy atom. The van der Waals surface area contributed by atoms with Crippen LogP contribution in [-0.2, 0) is 6.54 Å². The zero-order valence-electron chi connectivity index (χ0n) is 10.7. The highest BCUT2D eigenvalue weighted by atomic mass is 35.5. The summed E-state index contributed by atoms with van der Waals surface area (Å²) in [7, 11) is 0. The number of carbonyl (C=O) groups is 1. The molecule has 1 amide bonds. The van der Waals surface area contributed by atoms with Crippen molar-refractivity contribution in [3.05, 3.63) is 53.9 Å². The van der Waals surface area contributed by atoms with Crippen molar-refractivity contribution in [3.8, 4) is 0 Å². The summed E-state index contributed by atoms with van der Waals surface area (Å²) in [5, 5.41) is 14.2. The standard InChI is InChI=1S/C12H9Cl2N3O3S/c1-6-15-4-8(21-6)5-16-12(18)9-2-7(17(19)20)3-10(13)11(9)14/h2-4H,5H2,1H3,(H,16,18). The van der Waals surface area contributed by atoms with Crippen LogP contribution in [0.1, 0.15) is 20.2 Å². The number of thiazole rings is 1. The number of nitrogens with one attached hydrogen (secondary N) is 1. The number of aryl methyl sites for hydroxylation is 1. The van der Waals surface area contributed by atoms with Crippen LogP contribution in [0.15, 0.2) is 18.3 Å². The molecule has 110 valence electrons. The summed E-state index contributed by atoms with van der Waals surface area (Å²) < 4.78 is 0. The fraction of sp³-hybridized carbons (Fsp3) is 0.167. The van der Waals surface area contributed by atoms with Crippen LogP contribution in [0.4, 0.5) is 5.69 Å². The molecule has 0 spiro atoms. The maximum atomic E-state index is 12.1. The molecule has 6 nitrogen and oxygen atoms in total. The van der Waals surface area contributed by atoms with E-state index in [2.05, 4.69) is 10.3 Å². The molecule has 1 heterocycles. The number of carbonyl (C=O) groups excluding carboxylic acids is 1. The van der Waals surface area contributed by atoms with Crippen molar-refractivity contribution in [1.82, 2.24) is 10.3 Å². The van der Waals surface area contributed by atoms with E-state index in [0.717, 1.165) is 22.0 Å². The molecular weight excluding hydrogens is 337 g/mol. The Kier molecular flexibility index (Phi) is 4.76. The monoisotopic (exact) mass is 345 g/mol. The number of non-ortho nitro benzene ring substituents is 1. The molecule has 0 aliphatic carbocycles. The van der Waals surface area contributed by atoms with Crippen molar-refractivity contribution >= 4 is 46.1 Å². The molecule has 0 bridgehead atoms. The van der Waals surface area contributed by atoms with E-state index in [-0.39, 0.29) is 27.8 Å². The van der Waals surface area contributed by atoms with Gasteiger partial charge in [-0.25, -0.2) is 4.98 Å². The van der Waals surface area contributed by atoms with Crippen molar-refractivity contribution in [1.29, 1.82) is 0 Å². The van der Waals surface area contributed by atoms with E-state index in [0.29, 0.717) is 0 Å². The second kappa shape index (κ2) is 6.38. The van der Waals surface area contributed by atoms with Gasteiger partial charge in [0.05, 0.1) is 32.1 Å². The average molecular weight is 346 g/mol. The van der Waals surface area contributed by atoms with Crippen LogP contribution < -0.4 is 5.32 Å². The summed E-state index contributed by atoms with van der Waals surface area (Å²) in [6.45, 7) is 2.12. The topological polar surface area (TPSA) is 85.1 Å². The lowest BCUT2D eigenvalue weighted by atomic mass is 10.2. The number of nitro groups is 1. The number of nitro benzene ring substituents is 1. The second-order valence-corrected chi connectivity index (χ2v) is 6.18. The summed E-state index contributed by atoms with van der Waals surface area (Å²) in [4.78, 5) is 27.2. The highest BCUT2D eigenvalue weighted by Gasteiger charge is 2.19. The van der Waals surface area contributed by atoms with Crippen LogP contribution in [-0.4, -0.2) is 15.8 Å². The Morgan fingerprint density at radius 3 is 2.76 bits per heavy atom. The molecule has 0 aliphatic rings. The summed E-state index contributed by atoms with van der Waals surface area (Å²) in [6, 6.07) is 2.20. The van der Waals surface area contributed by atoms with Crippen LogP contribution in [0.2, 0.25) is 10.0 Å². The number of amides is 1. The summed E-state index contributed by atoms with van der Waals surface area (Å²) in [5.74, 6) is -0.531. The molecule has 0 saturated heterocycles. The molecular formula is C12H9Cl2N3O3S. The van der Waals surface area contributed by atoms with Crippen molar-refractivity contribution in [2.24, 2.45) is 0 Å². The van der Waals surface area contributed by atoms with E-state index in [1.165, 1.54) is 11.3 Å². The zero-order chi connectivity index (χ0) is 15.6. The summed E-state index contributed by atoms with van der Waals surface area (Å²) >= 11 is 13.2. The number of hydrogen-bond acceptors (Lipinski definition) is 5. The third-order valence-corrected chi connectivity index (χ3v) is 4.28. The third-order valence-electron chi connectivity index (χ3n) is 2.56. The molecule has 0 fully saturated rings. The van der Waals surface area contributed by atoms with Gasteiger partial charge in [-0.1, -0.05) is 23.2 Å². The van der Waals surface area contributed by atoms with Crippen LogP contribution in [0.5, 0.6) is 0 Å². The quantitative estimate of drug-likeness (QED) is 0.677. The number of rotatable bonds is 4. The van der Waals surface area contributed by atoms with E-state index < -0.39 is 10.8 Å². The lowest BCUT2D eigenvalue weighted by molar-refractivity contribution is -0.384. The predicted molar refractivity (Wildman–Crippen MR) is 81.1 cm³/mol. The van der Waals surface area contributed by atoms with Gasteiger partial charge in [-0.2, -0.15) is 0 Å². The minimum atomic E-state index is -0.633. The summed E-state index contributed by atoms with van der Waals surface area (Å²) in [5.41, 5.74) is -0.319. The van der Waals surface area contributed by atoms with Crippen molar-refractivity contribution < 1.29 is 9.72 Å². The highest BCUT2D eigenvalue weighted by molar-refractivity contribution is 7.11. The first-order valence-corrected chi connectivity index (χ1v) is 7.28. The lowest BCUT2D eigenvalue weighted by Crippen LogP contribution is -2.22. The van der Waals surface area contributed by atoms with Crippen LogP contribution in [0.25, 0.3) is 0 Å². The van der Waals surface area contributed by atoms with Gasteiger partial charge in [-0.15, -0.1) is 11.3 Å². The minimum absolute atomic E-state index is 0.0137. The molecule has 0 saturated carbocycles. The van der Waals surface area contributed by atoms with E-state index in [1.54, 1.807) is 6.20 Å². The van der Waals surface area contributed by atoms with Gasteiger partial charge in [-0.05, 0) is 6.92 Å². The minimum Gasteiger partial charge on any atom is -0.347 e. The number of nitrogens with zero attached hydrogens (tertiary/aromatic N) is 2. The largest absolute Gasteiger partial charge is 0.347 e. The molecule has 2 aromatic rings. The Morgan fingerprint density at radius 1 is 1.48 bits per heavy atom. The Labute approximate surface area is 133 Å². The van der Waals surface area contributed by atoms with Crippen molar-refractivity contribution in [2.45, 2.75) is 13.5 Å². The highest BCUT2D eigenvalue weighted by Crippen LogP contribution is 2.30. The fourth-order valence-electron chi connectivity index (χ4n) is 1.60. The van der Waals surface area contributed by atoms with Crippen molar-refractivity contribution in [3.63, 3.8) is 0 Å². The molecule has 0 unspecified atom stereocenters. The number of aromatic nitrogens is 1. The number of benzene rings is 1. The van der Waals surface area contributed by atoms with Gasteiger partial charge in [0.15, 0.2) is 0 Å². The van der Waals surface area contributed by atoms with Gasteiger partial charge in [0.1, 0.15) is 0 Å². The normalized spacial score (nSPS) is 10.4. The molecule has 1 aromatic heterocycles. The maximum Gasteiger partial charge on any atom is 0.271 e. The maximum absolute atomic E-state index is 12.1. The van der Waals surface area contributed by atoms with E-state index >= 15 is 0 Å². The third kappa shape index (κ3) is 3.69. The molecule has 2 rings (SSSR count). The zero-order valence-corrected chi connectivity index (χ0v) is 13.1. The first-order valence-electron chi connectivity index (χ1n) is 5.71. The predicted octanol–water partition coefficient (Wildman–Crippen LogP) is 3.60. The van der Waals surface area contributed by atoms with E-state index in [1.807, 2.05) is 6.92 Å². The molecule has 21 heavy (non-hydrogen) atoms. The van der Waals surface area contributed by atoms with E-state index in [4.69, 9.17) is 23.2 Å². The van der Waals surface area contributed by atoms with Crippen LogP contribution in [0.3, 0.4) is 0 Å². The molecule has 0 aliphatic heterocycles. The Bertz CT molecular complexity index is 718. The first kappa shape index (κ1) is 15.7. The fourth-order valence-corrected chi connectivity index (χ4v) is 2.74. The summed E-state index contributed by atoms with van der Waals surface area (Å²) in [6.07, 6.45) is 1.66. The van der Waals surface area contributed by atoms with Gasteiger partial charge in [-0.3, -0.25) is 14.9 Å². The lowest BCUT2D eigenvalue weighted by Gasteiger charge is -2.07. The van der Waals surface area contributed by atoms with Crippen LogP contribution >= 0.6 is 34.5 Å². The van der Waals surface area contributed by atoms with Crippen molar-refractivity contribution in [2.75, 3.05) is 0 Å². The van der Waals surface area contributed by atoms with Gasteiger partial charge in [0.2, 0.25) is 0 Å². The van der Waals surface area contributed by atoms with Gasteiger partial charge >= 0.3 is 0 Å². The molecule has 1 N–H and O–H groups in total. The van der Waals surface area contributed by atoms with E-state index in [9.17, 15) is 14.9 Å².